The van der Waals surface area contributed by atoms with E-state index in [0.29, 0.717) is 0 Å². The van der Waals surface area contributed by atoms with E-state index in [1.54, 1.807) is 0 Å². The van der Waals surface area contributed by atoms with Gasteiger partial charge in [0.15, 0.2) is 0 Å². The topological polar surface area (TPSA) is 15.3 Å². The van der Waals surface area contributed by atoms with Gasteiger partial charge in [-0.1, -0.05) is 34.1 Å². The van der Waals surface area contributed by atoms with Crippen molar-refractivity contribution in [2.24, 2.45) is 11.8 Å². The van der Waals surface area contributed by atoms with Crippen LogP contribution < -0.4 is 5.32 Å². The smallest absolute Gasteiger partial charge is 0.0198 e. The van der Waals surface area contributed by atoms with Gasteiger partial charge in [-0.2, -0.15) is 0 Å². The first-order chi connectivity index (χ1) is 7.65. The lowest BCUT2D eigenvalue weighted by atomic mass is 9.92. The summed E-state index contributed by atoms with van der Waals surface area (Å²) < 4.78 is 0. The third-order valence-corrected chi connectivity index (χ3v) is 3.54. The number of hydrogen-bond donors (Lipinski definition) is 1. The molecule has 1 N–H and O–H groups in total. The average molecular weight is 226 g/mol. The van der Waals surface area contributed by atoms with Crippen LogP contribution in [0.25, 0.3) is 0 Å². The predicted molar refractivity (Wildman–Crippen MR) is 71.8 cm³/mol. The van der Waals surface area contributed by atoms with Crippen molar-refractivity contribution in [2.45, 2.75) is 53.0 Å². The lowest BCUT2D eigenvalue weighted by Gasteiger charge is -2.38. The molecule has 0 radical (unpaired) electrons. The van der Waals surface area contributed by atoms with Gasteiger partial charge in [0, 0.05) is 19.1 Å². The van der Waals surface area contributed by atoms with Crippen molar-refractivity contribution in [3.05, 3.63) is 0 Å². The third-order valence-electron chi connectivity index (χ3n) is 3.54. The van der Waals surface area contributed by atoms with Gasteiger partial charge >= 0.3 is 0 Å². The van der Waals surface area contributed by atoms with Crippen molar-refractivity contribution in [1.29, 1.82) is 0 Å². The van der Waals surface area contributed by atoms with Gasteiger partial charge in [0.1, 0.15) is 0 Å². The van der Waals surface area contributed by atoms with Gasteiger partial charge in [0.25, 0.3) is 0 Å². The highest BCUT2D eigenvalue weighted by molar-refractivity contribution is 4.83. The summed E-state index contributed by atoms with van der Waals surface area (Å²) in [6.45, 7) is 14.2. The molecule has 0 saturated carbocycles. The highest BCUT2D eigenvalue weighted by Crippen LogP contribution is 2.20. The van der Waals surface area contributed by atoms with Crippen molar-refractivity contribution < 1.29 is 0 Å². The third kappa shape index (κ3) is 4.84. The lowest BCUT2D eigenvalue weighted by molar-refractivity contribution is 0.137. The Kier molecular flexibility index (Phi) is 6.37. The molecule has 0 bridgehead atoms. The summed E-state index contributed by atoms with van der Waals surface area (Å²) in [5.74, 6) is 1.67. The highest BCUT2D eigenvalue weighted by atomic mass is 15.2. The molecular weight excluding hydrogens is 196 g/mol. The van der Waals surface area contributed by atoms with Crippen LogP contribution in [-0.2, 0) is 0 Å². The van der Waals surface area contributed by atoms with E-state index >= 15 is 0 Å². The maximum Gasteiger partial charge on any atom is 0.0198 e. The molecule has 1 aliphatic rings. The van der Waals surface area contributed by atoms with Gasteiger partial charge in [0.05, 0.1) is 0 Å². The molecular formula is C14H30N2. The quantitative estimate of drug-likeness (QED) is 0.749. The Morgan fingerprint density at radius 3 is 2.56 bits per heavy atom. The Bertz CT molecular complexity index is 180. The second-order valence-corrected chi connectivity index (χ2v) is 5.77. The number of rotatable bonds is 6. The summed E-state index contributed by atoms with van der Waals surface area (Å²) in [4.78, 5) is 2.65. The zero-order chi connectivity index (χ0) is 12.0. The standard InChI is InChI=1S/C14H30N2/c1-5-7-16-10-13(6-2)8-14(11-16)15-9-12(3)4/h12-15H,5-11H2,1-4H3. The van der Waals surface area contributed by atoms with E-state index in [1.165, 1.54) is 45.4 Å². The lowest BCUT2D eigenvalue weighted by Crippen LogP contribution is -2.49. The fourth-order valence-electron chi connectivity index (χ4n) is 2.65. The molecule has 2 atom stereocenters. The van der Waals surface area contributed by atoms with Gasteiger partial charge in [-0.05, 0) is 37.8 Å². The molecule has 1 saturated heterocycles. The molecule has 0 aromatic heterocycles. The Labute approximate surface area is 102 Å². The second-order valence-electron chi connectivity index (χ2n) is 5.77. The van der Waals surface area contributed by atoms with Crippen LogP contribution in [0.4, 0.5) is 0 Å². The summed E-state index contributed by atoms with van der Waals surface area (Å²) in [7, 11) is 0. The van der Waals surface area contributed by atoms with Gasteiger partial charge in [0.2, 0.25) is 0 Å². The van der Waals surface area contributed by atoms with Crippen LogP contribution in [0.5, 0.6) is 0 Å². The van der Waals surface area contributed by atoms with Crippen LogP contribution in [-0.4, -0.2) is 37.1 Å². The predicted octanol–water partition coefficient (Wildman–Crippen LogP) is 2.74. The number of nitrogens with zero attached hydrogens (tertiary/aromatic N) is 1. The van der Waals surface area contributed by atoms with Crippen molar-refractivity contribution in [1.82, 2.24) is 10.2 Å². The van der Waals surface area contributed by atoms with Gasteiger partial charge in [-0.15, -0.1) is 0 Å². The SMILES string of the molecule is CCCN1CC(CC)CC(NCC(C)C)C1. The molecule has 0 aromatic rings. The molecule has 0 spiro atoms. The number of piperidine rings is 1. The minimum absolute atomic E-state index is 0.729. The van der Waals surface area contributed by atoms with Gasteiger partial charge in [-0.3, -0.25) is 0 Å². The second kappa shape index (κ2) is 7.29. The summed E-state index contributed by atoms with van der Waals surface area (Å²) in [5.41, 5.74) is 0. The van der Waals surface area contributed by atoms with E-state index in [2.05, 4.69) is 37.9 Å². The first kappa shape index (κ1) is 14.0. The first-order valence-corrected chi connectivity index (χ1v) is 7.11. The Morgan fingerprint density at radius 2 is 2.00 bits per heavy atom. The van der Waals surface area contributed by atoms with E-state index in [-0.39, 0.29) is 0 Å². The van der Waals surface area contributed by atoms with Crippen LogP contribution in [0.3, 0.4) is 0 Å². The van der Waals surface area contributed by atoms with E-state index < -0.39 is 0 Å². The van der Waals surface area contributed by atoms with Crippen molar-refractivity contribution in [2.75, 3.05) is 26.2 Å². The van der Waals surface area contributed by atoms with Crippen LogP contribution in [0.1, 0.15) is 47.0 Å². The van der Waals surface area contributed by atoms with Crippen molar-refractivity contribution in [3.8, 4) is 0 Å². The fraction of sp³-hybridized carbons (Fsp3) is 1.00. The molecule has 1 aliphatic heterocycles. The van der Waals surface area contributed by atoms with Crippen LogP contribution >= 0.6 is 0 Å². The molecule has 2 heteroatoms. The fourth-order valence-corrected chi connectivity index (χ4v) is 2.65. The average Bonchev–Trinajstić information content (AvgIpc) is 2.26. The van der Waals surface area contributed by atoms with E-state index in [0.717, 1.165) is 17.9 Å². The number of likely N-dealkylation sites (tertiary alicyclic amines) is 1. The maximum atomic E-state index is 3.73. The monoisotopic (exact) mass is 226 g/mol. The minimum Gasteiger partial charge on any atom is -0.312 e. The molecule has 0 amide bonds. The van der Waals surface area contributed by atoms with E-state index in [1.807, 2.05) is 0 Å². The molecule has 0 aliphatic carbocycles. The van der Waals surface area contributed by atoms with E-state index in [4.69, 9.17) is 0 Å². The molecule has 1 heterocycles. The van der Waals surface area contributed by atoms with Gasteiger partial charge in [-0.25, -0.2) is 0 Å². The first-order valence-electron chi connectivity index (χ1n) is 7.11. The molecule has 2 nitrogen and oxygen atoms in total. The molecule has 16 heavy (non-hydrogen) atoms. The normalized spacial score (nSPS) is 27.6. The Hall–Kier alpha value is -0.0800. The summed E-state index contributed by atoms with van der Waals surface area (Å²) in [5, 5.41) is 3.73. The Morgan fingerprint density at radius 1 is 1.25 bits per heavy atom. The molecule has 96 valence electrons. The summed E-state index contributed by atoms with van der Waals surface area (Å²) >= 11 is 0. The summed E-state index contributed by atoms with van der Waals surface area (Å²) in [6, 6.07) is 0.729. The Balaban J connectivity index is 2.37. The highest BCUT2D eigenvalue weighted by Gasteiger charge is 2.25. The molecule has 0 aromatic carbocycles. The minimum atomic E-state index is 0.729. The molecule has 2 unspecified atom stereocenters. The number of nitrogens with one attached hydrogen (secondary N) is 1. The number of hydrogen-bond acceptors (Lipinski definition) is 2. The van der Waals surface area contributed by atoms with Crippen molar-refractivity contribution in [3.63, 3.8) is 0 Å². The zero-order valence-corrected chi connectivity index (χ0v) is 11.6. The van der Waals surface area contributed by atoms with Crippen LogP contribution in [0, 0.1) is 11.8 Å². The summed E-state index contributed by atoms with van der Waals surface area (Å²) in [6.07, 6.45) is 4.00. The largest absolute Gasteiger partial charge is 0.312 e. The van der Waals surface area contributed by atoms with E-state index in [9.17, 15) is 0 Å². The van der Waals surface area contributed by atoms with Crippen LogP contribution in [0.15, 0.2) is 0 Å². The zero-order valence-electron chi connectivity index (χ0n) is 11.6. The molecule has 1 rings (SSSR count). The van der Waals surface area contributed by atoms with Crippen LogP contribution in [0.2, 0.25) is 0 Å². The molecule has 1 fully saturated rings. The maximum absolute atomic E-state index is 3.73. The van der Waals surface area contributed by atoms with Crippen molar-refractivity contribution >= 4 is 0 Å². The van der Waals surface area contributed by atoms with Gasteiger partial charge < -0.3 is 10.2 Å².